The van der Waals surface area contributed by atoms with E-state index in [1.807, 2.05) is 37.4 Å². The second-order valence-corrected chi connectivity index (χ2v) is 4.82. The molecule has 0 aliphatic rings. The number of nitrogens with two attached hydrogens (primary N) is 1. The van der Waals surface area contributed by atoms with E-state index in [1.165, 1.54) is 0 Å². The van der Waals surface area contributed by atoms with Gasteiger partial charge in [0.2, 0.25) is 5.95 Å². The molecule has 3 aromatic rings. The fourth-order valence-corrected chi connectivity index (χ4v) is 2.47. The Morgan fingerprint density at radius 2 is 1.95 bits per heavy atom. The Bertz CT molecular complexity index is 841. The van der Waals surface area contributed by atoms with Crippen LogP contribution in [0, 0.1) is 0 Å². The normalized spacial score (nSPS) is 10.6. The van der Waals surface area contributed by atoms with E-state index in [1.54, 1.807) is 22.9 Å². The fraction of sp³-hybridized carbons (Fsp3) is 0.0625. The molecule has 0 aliphatic carbocycles. The molecule has 1 aromatic carbocycles. The minimum atomic E-state index is -0.984. The molecule has 110 valence electrons. The van der Waals surface area contributed by atoms with Gasteiger partial charge in [0, 0.05) is 13.2 Å². The van der Waals surface area contributed by atoms with Gasteiger partial charge in [0.1, 0.15) is 0 Å². The second kappa shape index (κ2) is 5.33. The monoisotopic (exact) mass is 294 g/mol. The number of nitrogen functional groups attached to an aromatic ring is 1. The molecule has 0 bridgehead atoms. The van der Waals surface area contributed by atoms with Gasteiger partial charge in [0.25, 0.3) is 0 Å². The molecule has 0 radical (unpaired) electrons. The number of carboxylic acids is 1. The van der Waals surface area contributed by atoms with Gasteiger partial charge < -0.3 is 15.4 Å². The lowest BCUT2D eigenvalue weighted by Crippen LogP contribution is -2.01. The highest BCUT2D eigenvalue weighted by Crippen LogP contribution is 2.31. The third kappa shape index (κ3) is 2.31. The van der Waals surface area contributed by atoms with Crippen molar-refractivity contribution in [1.29, 1.82) is 0 Å². The number of aromatic carboxylic acids is 1. The summed E-state index contributed by atoms with van der Waals surface area (Å²) in [5, 5.41) is 9.50. The molecule has 3 N–H and O–H groups in total. The standard InChI is InChI=1S/C16H14N4O2/c1-20-13(12-7-8-18-16(17)19-12)9-11(15(21)22)14(20)10-5-3-2-4-6-10/h2-9H,1H3,(H,21,22)(H2,17,18,19). The van der Waals surface area contributed by atoms with Crippen LogP contribution in [-0.4, -0.2) is 25.6 Å². The molecular weight excluding hydrogens is 280 g/mol. The van der Waals surface area contributed by atoms with Crippen LogP contribution in [0.25, 0.3) is 22.6 Å². The minimum Gasteiger partial charge on any atom is -0.478 e. The van der Waals surface area contributed by atoms with E-state index in [0.717, 1.165) is 5.56 Å². The zero-order chi connectivity index (χ0) is 15.7. The molecule has 2 aromatic heterocycles. The van der Waals surface area contributed by atoms with Gasteiger partial charge in [-0.2, -0.15) is 0 Å². The summed E-state index contributed by atoms with van der Waals surface area (Å²) in [7, 11) is 1.81. The summed E-state index contributed by atoms with van der Waals surface area (Å²) in [6, 6.07) is 12.7. The predicted molar refractivity (Wildman–Crippen MR) is 83.2 cm³/mol. The van der Waals surface area contributed by atoms with E-state index in [0.29, 0.717) is 17.1 Å². The number of carboxylic acid groups (broad SMARTS) is 1. The second-order valence-electron chi connectivity index (χ2n) is 4.82. The van der Waals surface area contributed by atoms with Crippen LogP contribution in [0.1, 0.15) is 10.4 Å². The highest BCUT2D eigenvalue weighted by atomic mass is 16.4. The van der Waals surface area contributed by atoms with Crippen LogP contribution in [0.5, 0.6) is 0 Å². The number of nitrogens with zero attached hydrogens (tertiary/aromatic N) is 3. The number of aromatic nitrogens is 3. The van der Waals surface area contributed by atoms with E-state index < -0.39 is 5.97 Å². The van der Waals surface area contributed by atoms with Crippen LogP contribution in [0.4, 0.5) is 5.95 Å². The largest absolute Gasteiger partial charge is 0.478 e. The van der Waals surface area contributed by atoms with Crippen molar-refractivity contribution in [2.45, 2.75) is 0 Å². The van der Waals surface area contributed by atoms with Crippen LogP contribution in [0.2, 0.25) is 0 Å². The Kier molecular flexibility index (Phi) is 3.34. The van der Waals surface area contributed by atoms with Gasteiger partial charge >= 0.3 is 5.97 Å². The summed E-state index contributed by atoms with van der Waals surface area (Å²) in [6.45, 7) is 0. The maximum Gasteiger partial charge on any atom is 0.337 e. The SMILES string of the molecule is Cn1c(-c2ccnc(N)n2)cc(C(=O)O)c1-c1ccccc1. The Morgan fingerprint density at radius 1 is 1.23 bits per heavy atom. The molecular formula is C16H14N4O2. The Balaban J connectivity index is 2.25. The summed E-state index contributed by atoms with van der Waals surface area (Å²) in [5.41, 5.74) is 8.55. The minimum absolute atomic E-state index is 0.150. The molecule has 3 rings (SSSR count). The number of hydrogen-bond acceptors (Lipinski definition) is 4. The van der Waals surface area contributed by atoms with Crippen molar-refractivity contribution >= 4 is 11.9 Å². The summed E-state index contributed by atoms with van der Waals surface area (Å²) in [6.07, 6.45) is 1.55. The molecule has 0 amide bonds. The lowest BCUT2D eigenvalue weighted by molar-refractivity contribution is 0.0698. The third-order valence-corrected chi connectivity index (χ3v) is 3.45. The van der Waals surface area contributed by atoms with Gasteiger partial charge in [-0.1, -0.05) is 30.3 Å². The third-order valence-electron chi connectivity index (χ3n) is 3.45. The Morgan fingerprint density at radius 3 is 2.59 bits per heavy atom. The first-order valence-corrected chi connectivity index (χ1v) is 6.65. The smallest absolute Gasteiger partial charge is 0.337 e. The summed E-state index contributed by atoms with van der Waals surface area (Å²) in [4.78, 5) is 19.6. The maximum atomic E-state index is 11.6. The maximum absolute atomic E-state index is 11.6. The average molecular weight is 294 g/mol. The molecule has 22 heavy (non-hydrogen) atoms. The number of anilines is 1. The first-order valence-electron chi connectivity index (χ1n) is 6.65. The van der Waals surface area contributed by atoms with E-state index in [2.05, 4.69) is 9.97 Å². The van der Waals surface area contributed by atoms with Crippen LogP contribution < -0.4 is 5.73 Å². The Labute approximate surface area is 126 Å². The molecule has 0 saturated heterocycles. The molecule has 0 atom stereocenters. The number of rotatable bonds is 3. The van der Waals surface area contributed by atoms with Crippen LogP contribution in [0.15, 0.2) is 48.7 Å². The van der Waals surface area contributed by atoms with Crippen molar-refractivity contribution in [1.82, 2.24) is 14.5 Å². The van der Waals surface area contributed by atoms with E-state index >= 15 is 0 Å². The lowest BCUT2D eigenvalue weighted by atomic mass is 10.1. The van der Waals surface area contributed by atoms with Crippen molar-refractivity contribution in [2.75, 3.05) is 5.73 Å². The van der Waals surface area contributed by atoms with E-state index in [-0.39, 0.29) is 11.5 Å². The van der Waals surface area contributed by atoms with Gasteiger partial charge in [-0.05, 0) is 17.7 Å². The lowest BCUT2D eigenvalue weighted by Gasteiger charge is -2.08. The van der Waals surface area contributed by atoms with Crippen molar-refractivity contribution in [2.24, 2.45) is 7.05 Å². The van der Waals surface area contributed by atoms with Gasteiger partial charge in [-0.25, -0.2) is 14.8 Å². The first kappa shape index (κ1) is 13.8. The van der Waals surface area contributed by atoms with Crippen LogP contribution >= 0.6 is 0 Å². The highest BCUT2D eigenvalue weighted by molar-refractivity contribution is 5.97. The van der Waals surface area contributed by atoms with Crippen molar-refractivity contribution in [3.8, 4) is 22.6 Å². The molecule has 0 saturated carbocycles. The quantitative estimate of drug-likeness (QED) is 0.773. The zero-order valence-corrected chi connectivity index (χ0v) is 11.9. The molecule has 2 heterocycles. The molecule has 0 spiro atoms. The number of benzene rings is 1. The van der Waals surface area contributed by atoms with E-state index in [4.69, 9.17) is 5.73 Å². The molecule has 0 aliphatic heterocycles. The zero-order valence-electron chi connectivity index (χ0n) is 11.9. The van der Waals surface area contributed by atoms with Crippen LogP contribution in [0.3, 0.4) is 0 Å². The molecule has 6 nitrogen and oxygen atoms in total. The predicted octanol–water partition coefficient (Wildman–Crippen LogP) is 2.43. The van der Waals surface area contributed by atoms with E-state index in [9.17, 15) is 9.90 Å². The van der Waals surface area contributed by atoms with Gasteiger partial charge in [0.05, 0.1) is 22.6 Å². The van der Waals surface area contributed by atoms with Crippen molar-refractivity contribution in [3.63, 3.8) is 0 Å². The number of carbonyl (C=O) groups is 1. The van der Waals surface area contributed by atoms with Crippen molar-refractivity contribution in [3.05, 3.63) is 54.2 Å². The van der Waals surface area contributed by atoms with Gasteiger partial charge in [-0.15, -0.1) is 0 Å². The van der Waals surface area contributed by atoms with Crippen LogP contribution in [-0.2, 0) is 7.05 Å². The Hall–Kier alpha value is -3.15. The topological polar surface area (TPSA) is 94.0 Å². The van der Waals surface area contributed by atoms with Crippen molar-refractivity contribution < 1.29 is 9.90 Å². The average Bonchev–Trinajstić information content (AvgIpc) is 2.86. The van der Waals surface area contributed by atoms with Gasteiger partial charge in [0.15, 0.2) is 0 Å². The number of hydrogen-bond donors (Lipinski definition) is 2. The van der Waals surface area contributed by atoms with Gasteiger partial charge in [-0.3, -0.25) is 0 Å². The summed E-state index contributed by atoms with van der Waals surface area (Å²) < 4.78 is 1.81. The molecule has 0 unspecified atom stereocenters. The molecule has 0 fully saturated rings. The molecule has 6 heteroatoms. The fourth-order valence-electron chi connectivity index (χ4n) is 2.47. The summed E-state index contributed by atoms with van der Waals surface area (Å²) >= 11 is 0. The first-order chi connectivity index (χ1) is 10.6. The highest BCUT2D eigenvalue weighted by Gasteiger charge is 2.20. The summed E-state index contributed by atoms with van der Waals surface area (Å²) in [5.74, 6) is -0.834.